The molecule has 0 spiro atoms. The average Bonchev–Trinajstić information content (AvgIpc) is 2.85. The predicted octanol–water partition coefficient (Wildman–Crippen LogP) is 5.23. The molecule has 19 heavy (non-hydrogen) atoms. The molecule has 3 rings (SSSR count). The second kappa shape index (κ2) is 5.31. The lowest BCUT2D eigenvalue weighted by Crippen LogP contribution is -2.04. The zero-order valence-corrected chi connectivity index (χ0v) is 12.8. The van der Waals surface area contributed by atoms with Crippen molar-refractivity contribution in [1.82, 2.24) is 4.98 Å². The van der Waals surface area contributed by atoms with Gasteiger partial charge in [0.25, 0.3) is 0 Å². The number of pyridine rings is 1. The fraction of sp³-hybridized carbons (Fsp3) is 0.133. The van der Waals surface area contributed by atoms with E-state index >= 15 is 0 Å². The van der Waals surface area contributed by atoms with Crippen LogP contribution in [-0.4, -0.2) is 4.98 Å². The first kappa shape index (κ1) is 12.6. The quantitative estimate of drug-likeness (QED) is 0.710. The number of rotatable bonds is 3. The van der Waals surface area contributed by atoms with Gasteiger partial charge in [-0.2, -0.15) is 0 Å². The zero-order valence-electron chi connectivity index (χ0n) is 10.4. The largest absolute Gasteiger partial charge is 0.378 e. The Kier molecular flexibility index (Phi) is 3.53. The van der Waals surface area contributed by atoms with Gasteiger partial charge < -0.3 is 5.32 Å². The van der Waals surface area contributed by atoms with E-state index in [1.807, 2.05) is 12.3 Å². The number of benzene rings is 1. The van der Waals surface area contributed by atoms with Crippen molar-refractivity contribution < 1.29 is 0 Å². The van der Waals surface area contributed by atoms with Crippen molar-refractivity contribution in [2.24, 2.45) is 0 Å². The third-order valence-electron chi connectivity index (χ3n) is 3.01. The van der Waals surface area contributed by atoms with Crippen molar-refractivity contribution in [3.63, 3.8) is 0 Å². The van der Waals surface area contributed by atoms with E-state index in [4.69, 9.17) is 0 Å². The molecular weight excluding hydrogens is 320 g/mol. The molecule has 0 fully saturated rings. The van der Waals surface area contributed by atoms with E-state index < -0.39 is 0 Å². The highest BCUT2D eigenvalue weighted by molar-refractivity contribution is 9.11. The highest BCUT2D eigenvalue weighted by atomic mass is 79.9. The average molecular weight is 333 g/mol. The second-order valence-electron chi connectivity index (χ2n) is 4.42. The Balaban J connectivity index is 1.84. The first-order valence-corrected chi connectivity index (χ1v) is 7.70. The highest BCUT2D eigenvalue weighted by Gasteiger charge is 2.08. The van der Waals surface area contributed by atoms with Crippen LogP contribution in [0.4, 0.5) is 5.69 Å². The molecule has 96 valence electrons. The molecule has 4 heteroatoms. The van der Waals surface area contributed by atoms with Crippen LogP contribution in [0, 0.1) is 0 Å². The number of hydrogen-bond acceptors (Lipinski definition) is 3. The van der Waals surface area contributed by atoms with Crippen molar-refractivity contribution in [2.75, 3.05) is 5.32 Å². The van der Waals surface area contributed by atoms with E-state index in [9.17, 15) is 0 Å². The summed E-state index contributed by atoms with van der Waals surface area (Å²) < 4.78 is 1.17. The van der Waals surface area contributed by atoms with Gasteiger partial charge in [-0.3, -0.25) is 4.98 Å². The summed E-state index contributed by atoms with van der Waals surface area (Å²) in [5.74, 6) is 0. The van der Waals surface area contributed by atoms with Gasteiger partial charge in [0.2, 0.25) is 0 Å². The topological polar surface area (TPSA) is 24.9 Å². The van der Waals surface area contributed by atoms with Gasteiger partial charge in [-0.15, -0.1) is 11.3 Å². The summed E-state index contributed by atoms with van der Waals surface area (Å²) in [6.07, 6.45) is 1.82. The van der Waals surface area contributed by atoms with E-state index in [1.54, 1.807) is 11.3 Å². The van der Waals surface area contributed by atoms with Crippen LogP contribution >= 0.6 is 27.3 Å². The molecule has 1 unspecified atom stereocenters. The minimum absolute atomic E-state index is 0.297. The molecule has 1 aromatic carbocycles. The van der Waals surface area contributed by atoms with Crippen LogP contribution in [-0.2, 0) is 0 Å². The molecule has 0 radical (unpaired) electrons. The Bertz CT molecular complexity index is 708. The molecule has 0 amide bonds. The third kappa shape index (κ3) is 2.80. The Morgan fingerprint density at radius 1 is 1.21 bits per heavy atom. The molecule has 0 aliphatic carbocycles. The number of thiophene rings is 1. The zero-order chi connectivity index (χ0) is 13.2. The van der Waals surface area contributed by atoms with Crippen molar-refractivity contribution in [1.29, 1.82) is 0 Å². The number of hydrogen-bond donors (Lipinski definition) is 1. The molecular formula is C15H13BrN2S. The lowest BCUT2D eigenvalue weighted by atomic mass is 10.2. The Labute approximate surface area is 124 Å². The van der Waals surface area contributed by atoms with Gasteiger partial charge in [-0.25, -0.2) is 0 Å². The molecule has 2 nitrogen and oxygen atoms in total. The summed E-state index contributed by atoms with van der Waals surface area (Å²) in [5, 5.41) is 4.68. The molecule has 0 saturated carbocycles. The van der Waals surface area contributed by atoms with E-state index in [2.05, 4.69) is 69.6 Å². The Morgan fingerprint density at radius 2 is 2.11 bits per heavy atom. The number of aromatic nitrogens is 1. The van der Waals surface area contributed by atoms with Gasteiger partial charge in [0, 0.05) is 22.1 Å². The molecule has 3 aromatic rings. The lowest BCUT2D eigenvalue weighted by molar-refractivity contribution is 0.908. The second-order valence-corrected chi connectivity index (χ2v) is 6.91. The van der Waals surface area contributed by atoms with Crippen LogP contribution in [0.2, 0.25) is 0 Å². The predicted molar refractivity (Wildman–Crippen MR) is 85.8 cm³/mol. The highest BCUT2D eigenvalue weighted by Crippen LogP contribution is 2.29. The van der Waals surface area contributed by atoms with Crippen LogP contribution in [0.1, 0.15) is 17.8 Å². The summed E-state index contributed by atoms with van der Waals surface area (Å²) >= 11 is 5.26. The summed E-state index contributed by atoms with van der Waals surface area (Å²) in [4.78, 5) is 5.65. The maximum absolute atomic E-state index is 4.33. The van der Waals surface area contributed by atoms with Crippen LogP contribution in [0.25, 0.3) is 10.9 Å². The molecule has 2 aromatic heterocycles. The normalized spacial score (nSPS) is 12.5. The van der Waals surface area contributed by atoms with Crippen molar-refractivity contribution >= 4 is 43.9 Å². The first-order chi connectivity index (χ1) is 9.22. The van der Waals surface area contributed by atoms with Crippen LogP contribution in [0.5, 0.6) is 0 Å². The smallest absolute Gasteiger partial charge is 0.0703 e. The fourth-order valence-corrected chi connectivity index (χ4v) is 3.47. The van der Waals surface area contributed by atoms with Crippen LogP contribution in [0.3, 0.4) is 0 Å². The maximum atomic E-state index is 4.33. The standard InChI is InChI=1S/C15H13BrN2S/c1-10(14-6-7-15(16)19-14)18-12-4-5-13-11(9-12)3-2-8-17-13/h2-10,18H,1H3. The number of anilines is 1. The fourth-order valence-electron chi connectivity index (χ4n) is 2.05. The minimum Gasteiger partial charge on any atom is -0.378 e. The number of nitrogens with zero attached hydrogens (tertiary/aromatic N) is 1. The summed E-state index contributed by atoms with van der Waals surface area (Å²) in [5.41, 5.74) is 2.15. The first-order valence-electron chi connectivity index (χ1n) is 6.09. The minimum atomic E-state index is 0.297. The molecule has 0 aliphatic rings. The van der Waals surface area contributed by atoms with Gasteiger partial charge in [-0.05, 0) is 59.3 Å². The number of nitrogens with one attached hydrogen (secondary N) is 1. The molecule has 1 atom stereocenters. The van der Waals surface area contributed by atoms with Crippen molar-refractivity contribution in [3.8, 4) is 0 Å². The van der Waals surface area contributed by atoms with Crippen LogP contribution < -0.4 is 5.32 Å². The number of halogens is 1. The lowest BCUT2D eigenvalue weighted by Gasteiger charge is -2.14. The van der Waals surface area contributed by atoms with Crippen molar-refractivity contribution in [3.05, 3.63) is 57.3 Å². The van der Waals surface area contributed by atoms with Gasteiger partial charge in [0.15, 0.2) is 0 Å². The Hall–Kier alpha value is -1.39. The van der Waals surface area contributed by atoms with Gasteiger partial charge in [0.05, 0.1) is 15.3 Å². The summed E-state index contributed by atoms with van der Waals surface area (Å²) in [6, 6.07) is 14.8. The molecule has 0 saturated heterocycles. The molecule has 2 heterocycles. The van der Waals surface area contributed by atoms with Gasteiger partial charge >= 0.3 is 0 Å². The van der Waals surface area contributed by atoms with Crippen molar-refractivity contribution in [2.45, 2.75) is 13.0 Å². The van der Waals surface area contributed by atoms with E-state index in [-0.39, 0.29) is 0 Å². The summed E-state index contributed by atoms with van der Waals surface area (Å²) in [6.45, 7) is 2.17. The van der Waals surface area contributed by atoms with Crippen LogP contribution in [0.15, 0.2) is 52.4 Å². The number of fused-ring (bicyclic) bond motifs is 1. The van der Waals surface area contributed by atoms with E-state index in [1.165, 1.54) is 8.66 Å². The van der Waals surface area contributed by atoms with E-state index in [0.717, 1.165) is 16.6 Å². The van der Waals surface area contributed by atoms with E-state index in [0.29, 0.717) is 6.04 Å². The SMILES string of the molecule is CC(Nc1ccc2ncccc2c1)c1ccc(Br)s1. The third-order valence-corrected chi connectivity index (χ3v) is 4.81. The maximum Gasteiger partial charge on any atom is 0.0703 e. The van der Waals surface area contributed by atoms with Gasteiger partial charge in [-0.1, -0.05) is 6.07 Å². The summed E-state index contributed by atoms with van der Waals surface area (Å²) in [7, 11) is 0. The Morgan fingerprint density at radius 3 is 2.89 bits per heavy atom. The van der Waals surface area contributed by atoms with Gasteiger partial charge in [0.1, 0.15) is 0 Å². The molecule has 0 aliphatic heterocycles. The molecule has 0 bridgehead atoms. The molecule has 1 N–H and O–H groups in total. The monoisotopic (exact) mass is 332 g/mol.